The van der Waals surface area contributed by atoms with Crippen molar-refractivity contribution in [3.05, 3.63) is 22.4 Å². The summed E-state index contributed by atoms with van der Waals surface area (Å²) in [6, 6.07) is 2.82. The van der Waals surface area contributed by atoms with Gasteiger partial charge in [0.05, 0.1) is 0 Å². The van der Waals surface area contributed by atoms with E-state index in [4.69, 9.17) is 0 Å². The fourth-order valence-electron chi connectivity index (χ4n) is 2.09. The van der Waals surface area contributed by atoms with E-state index in [1.165, 1.54) is 12.0 Å². The zero-order valence-electron chi connectivity index (χ0n) is 15.1. The molecule has 0 aromatic carbocycles. The normalized spacial score (nSPS) is 13.1. The smallest absolute Gasteiger partial charge is 0.190 e. The van der Waals surface area contributed by atoms with Crippen molar-refractivity contribution >= 4 is 41.3 Å². The number of aliphatic imine (C=N–C) groups is 1. The second kappa shape index (κ2) is 13.0. The molecule has 4 nitrogen and oxygen atoms in total. The van der Waals surface area contributed by atoms with E-state index in [1.54, 1.807) is 11.3 Å². The zero-order valence-corrected chi connectivity index (χ0v) is 18.3. The van der Waals surface area contributed by atoms with Crippen molar-refractivity contribution in [2.45, 2.75) is 45.6 Å². The maximum Gasteiger partial charge on any atom is 0.190 e. The molecule has 0 fully saturated rings. The van der Waals surface area contributed by atoms with Crippen molar-refractivity contribution < 1.29 is 0 Å². The molecule has 0 saturated carbocycles. The molecule has 0 spiro atoms. The Bertz CT molecular complexity index is 420. The monoisotopic (exact) mass is 452 g/mol. The lowest BCUT2D eigenvalue weighted by atomic mass is 10.1. The van der Waals surface area contributed by atoms with Crippen molar-refractivity contribution in [3.63, 3.8) is 0 Å². The molecule has 2 N–H and O–H groups in total. The van der Waals surface area contributed by atoms with Crippen LogP contribution in [-0.2, 0) is 0 Å². The van der Waals surface area contributed by atoms with Crippen LogP contribution in [-0.4, -0.2) is 50.6 Å². The van der Waals surface area contributed by atoms with Crippen LogP contribution in [0.3, 0.4) is 0 Å². The van der Waals surface area contributed by atoms with Gasteiger partial charge in [0.25, 0.3) is 0 Å². The Morgan fingerprint density at radius 1 is 1.26 bits per heavy atom. The van der Waals surface area contributed by atoms with E-state index in [1.807, 2.05) is 7.05 Å². The van der Waals surface area contributed by atoms with Gasteiger partial charge in [-0.05, 0) is 68.6 Å². The Kier molecular flexibility index (Phi) is 12.8. The van der Waals surface area contributed by atoms with Gasteiger partial charge in [0.2, 0.25) is 0 Å². The van der Waals surface area contributed by atoms with Crippen LogP contribution in [0.4, 0.5) is 0 Å². The molecule has 23 heavy (non-hydrogen) atoms. The van der Waals surface area contributed by atoms with Crippen LogP contribution in [0.15, 0.2) is 21.8 Å². The third kappa shape index (κ3) is 9.52. The summed E-state index contributed by atoms with van der Waals surface area (Å²) in [6.07, 6.45) is 2.38. The second-order valence-corrected chi connectivity index (χ2v) is 6.90. The van der Waals surface area contributed by atoms with Crippen LogP contribution >= 0.6 is 35.3 Å². The van der Waals surface area contributed by atoms with E-state index in [2.05, 4.69) is 65.2 Å². The van der Waals surface area contributed by atoms with Crippen LogP contribution < -0.4 is 10.6 Å². The largest absolute Gasteiger partial charge is 0.356 e. The first kappa shape index (κ1) is 22.7. The average Bonchev–Trinajstić information content (AvgIpc) is 3.03. The lowest BCUT2D eigenvalue weighted by Crippen LogP contribution is -2.39. The third-order valence-electron chi connectivity index (χ3n) is 4.02. The number of nitrogens with one attached hydrogen (secondary N) is 2. The number of halogens is 1. The molecule has 0 saturated heterocycles. The van der Waals surface area contributed by atoms with Crippen molar-refractivity contribution in [2.24, 2.45) is 4.99 Å². The number of hydrogen-bond acceptors (Lipinski definition) is 3. The fraction of sp³-hybridized carbons (Fsp3) is 0.706. The molecule has 0 aliphatic rings. The molecular weight excluding hydrogens is 419 g/mol. The minimum atomic E-state index is 0. The van der Waals surface area contributed by atoms with Gasteiger partial charge in [-0.3, -0.25) is 4.99 Å². The summed E-state index contributed by atoms with van der Waals surface area (Å²) in [5, 5.41) is 11.2. The number of nitrogens with zero attached hydrogens (tertiary/aromatic N) is 2. The Hall–Kier alpha value is -0.340. The summed E-state index contributed by atoms with van der Waals surface area (Å²) in [5.74, 6) is 1.41. The summed E-state index contributed by atoms with van der Waals surface area (Å²) < 4.78 is 0. The fourth-order valence-corrected chi connectivity index (χ4v) is 2.88. The van der Waals surface area contributed by atoms with Gasteiger partial charge in [0.1, 0.15) is 0 Å². The number of thiophene rings is 1. The Labute approximate surface area is 163 Å². The lowest BCUT2D eigenvalue weighted by molar-refractivity contribution is 0.268. The number of hydrogen-bond donors (Lipinski definition) is 2. The van der Waals surface area contributed by atoms with Gasteiger partial charge in [-0.15, -0.1) is 24.0 Å². The van der Waals surface area contributed by atoms with E-state index in [9.17, 15) is 0 Å². The maximum atomic E-state index is 4.29. The summed E-state index contributed by atoms with van der Waals surface area (Å²) >= 11 is 1.75. The lowest BCUT2D eigenvalue weighted by Gasteiger charge is -2.21. The van der Waals surface area contributed by atoms with Crippen molar-refractivity contribution in [2.75, 3.05) is 33.7 Å². The molecule has 1 atom stereocenters. The van der Waals surface area contributed by atoms with Crippen LogP contribution in [0, 0.1) is 0 Å². The number of guanidine groups is 1. The van der Waals surface area contributed by atoms with Crippen molar-refractivity contribution in [1.82, 2.24) is 15.5 Å². The highest BCUT2D eigenvalue weighted by Crippen LogP contribution is 2.16. The highest BCUT2D eigenvalue weighted by atomic mass is 127. The zero-order chi connectivity index (χ0) is 16.4. The predicted molar refractivity (Wildman–Crippen MR) is 115 cm³/mol. The van der Waals surface area contributed by atoms with Crippen LogP contribution in [0.2, 0.25) is 0 Å². The van der Waals surface area contributed by atoms with Gasteiger partial charge in [-0.1, -0.05) is 6.92 Å². The Morgan fingerprint density at radius 3 is 2.57 bits per heavy atom. The predicted octanol–water partition coefficient (Wildman–Crippen LogP) is 3.76. The summed E-state index contributed by atoms with van der Waals surface area (Å²) in [7, 11) is 4.02. The number of unbranched alkanes of at least 4 members (excludes halogenated alkanes) is 1. The molecule has 0 radical (unpaired) electrons. The highest BCUT2D eigenvalue weighted by molar-refractivity contribution is 14.0. The average molecular weight is 452 g/mol. The van der Waals surface area contributed by atoms with Gasteiger partial charge in [-0.25, -0.2) is 0 Å². The van der Waals surface area contributed by atoms with E-state index in [-0.39, 0.29) is 24.0 Å². The molecule has 0 amide bonds. The van der Waals surface area contributed by atoms with Crippen LogP contribution in [0.25, 0.3) is 0 Å². The van der Waals surface area contributed by atoms with Gasteiger partial charge < -0.3 is 15.5 Å². The highest BCUT2D eigenvalue weighted by Gasteiger charge is 2.07. The molecule has 1 aromatic heterocycles. The van der Waals surface area contributed by atoms with Gasteiger partial charge >= 0.3 is 0 Å². The molecule has 0 aliphatic heterocycles. The molecule has 1 heterocycles. The molecule has 134 valence electrons. The molecule has 1 rings (SSSR count). The van der Waals surface area contributed by atoms with E-state index in [0.717, 1.165) is 32.0 Å². The van der Waals surface area contributed by atoms with E-state index < -0.39 is 0 Å². The van der Waals surface area contributed by atoms with E-state index in [0.29, 0.717) is 12.0 Å². The first-order chi connectivity index (χ1) is 10.5. The molecule has 1 unspecified atom stereocenters. The van der Waals surface area contributed by atoms with Gasteiger partial charge in [0.15, 0.2) is 5.96 Å². The maximum absolute atomic E-state index is 4.29. The SMILES string of the molecule is CN=C(NCCCCN(C)C(C)C)NCC(C)c1ccsc1.I. The first-order valence-corrected chi connectivity index (χ1v) is 9.15. The molecular formula is C17H33IN4S. The molecule has 0 bridgehead atoms. The second-order valence-electron chi connectivity index (χ2n) is 6.12. The minimum absolute atomic E-state index is 0. The van der Waals surface area contributed by atoms with Crippen LogP contribution in [0.1, 0.15) is 45.1 Å². The first-order valence-electron chi connectivity index (χ1n) is 8.21. The summed E-state index contributed by atoms with van der Waals surface area (Å²) in [6.45, 7) is 9.74. The Morgan fingerprint density at radius 2 is 2.00 bits per heavy atom. The third-order valence-corrected chi connectivity index (χ3v) is 4.72. The van der Waals surface area contributed by atoms with E-state index >= 15 is 0 Å². The summed E-state index contributed by atoms with van der Waals surface area (Å²) in [5.41, 5.74) is 1.39. The molecule has 1 aromatic rings. The topological polar surface area (TPSA) is 39.7 Å². The quantitative estimate of drug-likeness (QED) is 0.260. The van der Waals surface area contributed by atoms with Gasteiger partial charge in [0, 0.05) is 26.2 Å². The standard InChI is InChI=1S/C17H32N4S.HI/c1-14(2)21(5)10-7-6-9-19-17(18-4)20-12-15(3)16-8-11-22-13-16;/h8,11,13-15H,6-7,9-10,12H2,1-5H3,(H2,18,19,20);1H. The minimum Gasteiger partial charge on any atom is -0.356 e. The summed E-state index contributed by atoms with van der Waals surface area (Å²) in [4.78, 5) is 6.67. The van der Waals surface area contributed by atoms with Crippen molar-refractivity contribution in [3.8, 4) is 0 Å². The number of rotatable bonds is 9. The van der Waals surface area contributed by atoms with Crippen molar-refractivity contribution in [1.29, 1.82) is 0 Å². The molecule has 6 heteroatoms. The molecule has 0 aliphatic carbocycles. The Balaban J connectivity index is 0.00000484. The van der Waals surface area contributed by atoms with Gasteiger partial charge in [-0.2, -0.15) is 11.3 Å². The van der Waals surface area contributed by atoms with Crippen LogP contribution in [0.5, 0.6) is 0 Å².